The smallest absolute Gasteiger partial charge is 0.311 e. The molecule has 0 aliphatic carbocycles. The molecule has 1 amide bonds. The first-order chi connectivity index (χ1) is 17.4. The van der Waals surface area contributed by atoms with Crippen LogP contribution in [-0.2, 0) is 4.79 Å². The number of ether oxygens (including phenoxy) is 2. The summed E-state index contributed by atoms with van der Waals surface area (Å²) in [6.07, 6.45) is 0. The fourth-order valence-electron chi connectivity index (χ4n) is 3.53. The van der Waals surface area contributed by atoms with Gasteiger partial charge in [-0.2, -0.15) is 0 Å². The molecule has 11 heteroatoms. The number of methoxy groups -OCH3 is 2. The molecule has 36 heavy (non-hydrogen) atoms. The minimum absolute atomic E-state index is 0.0435. The van der Waals surface area contributed by atoms with Gasteiger partial charge in [0.1, 0.15) is 5.75 Å². The first-order valence-corrected chi connectivity index (χ1v) is 11.8. The summed E-state index contributed by atoms with van der Waals surface area (Å²) in [4.78, 5) is 23.5. The minimum atomic E-state index is -0.524. The monoisotopic (exact) mass is 505 g/mol. The predicted octanol–water partition coefficient (Wildman–Crippen LogP) is 4.90. The van der Waals surface area contributed by atoms with E-state index in [9.17, 15) is 14.9 Å². The van der Waals surface area contributed by atoms with E-state index < -0.39 is 4.92 Å². The minimum Gasteiger partial charge on any atom is -0.497 e. The van der Waals surface area contributed by atoms with Crippen LogP contribution < -0.4 is 14.8 Å². The Hall–Kier alpha value is -4.38. The third-order valence-electron chi connectivity index (χ3n) is 5.32. The van der Waals surface area contributed by atoms with Crippen LogP contribution in [-0.4, -0.2) is 45.6 Å². The van der Waals surface area contributed by atoms with Crippen LogP contribution >= 0.6 is 11.8 Å². The van der Waals surface area contributed by atoms with Gasteiger partial charge in [0, 0.05) is 29.1 Å². The maximum atomic E-state index is 12.8. The molecule has 1 heterocycles. The quantitative estimate of drug-likeness (QED) is 0.194. The number of nitrogens with one attached hydrogen (secondary N) is 1. The third kappa shape index (κ3) is 5.31. The molecule has 3 aromatic carbocycles. The molecule has 1 N–H and O–H groups in total. The molecular formula is C25H23N5O5S. The van der Waals surface area contributed by atoms with Crippen LogP contribution in [0, 0.1) is 17.0 Å². The maximum Gasteiger partial charge on any atom is 0.311 e. The molecule has 0 saturated carbocycles. The summed E-state index contributed by atoms with van der Waals surface area (Å²) in [6, 6.07) is 19.9. The molecule has 0 unspecified atom stereocenters. The van der Waals surface area contributed by atoms with Crippen molar-refractivity contribution in [3.8, 4) is 28.6 Å². The Morgan fingerprint density at radius 3 is 2.42 bits per heavy atom. The maximum absolute atomic E-state index is 12.8. The molecule has 0 radical (unpaired) electrons. The van der Waals surface area contributed by atoms with E-state index in [0.717, 1.165) is 17.0 Å². The molecule has 0 fully saturated rings. The average Bonchev–Trinajstić information content (AvgIpc) is 3.33. The largest absolute Gasteiger partial charge is 0.497 e. The van der Waals surface area contributed by atoms with Crippen molar-refractivity contribution < 1.29 is 19.2 Å². The Morgan fingerprint density at radius 2 is 1.78 bits per heavy atom. The normalized spacial score (nSPS) is 10.6. The number of benzene rings is 3. The molecule has 0 spiro atoms. The number of carbonyl (C=O) groups excluding carboxylic acids is 1. The average molecular weight is 506 g/mol. The zero-order chi connectivity index (χ0) is 25.7. The standard InChI is InChI=1S/C25H23N5O5S/c1-16-13-21(30(32)33)22(35-3)14-20(16)26-23(31)15-36-25-28-27-24(17-7-5-4-6-8-17)29(25)18-9-11-19(34-2)12-10-18/h4-14H,15H2,1-3H3,(H,26,31). The van der Waals surface area contributed by atoms with Crippen LogP contribution in [0.4, 0.5) is 11.4 Å². The van der Waals surface area contributed by atoms with E-state index in [1.54, 1.807) is 14.0 Å². The fraction of sp³-hybridized carbons (Fsp3) is 0.160. The van der Waals surface area contributed by atoms with Crippen LogP contribution in [0.3, 0.4) is 0 Å². The molecule has 0 aliphatic rings. The van der Waals surface area contributed by atoms with Gasteiger partial charge in [-0.15, -0.1) is 10.2 Å². The summed E-state index contributed by atoms with van der Waals surface area (Å²) in [5.41, 5.74) is 2.52. The van der Waals surface area contributed by atoms with Crippen LogP contribution in [0.1, 0.15) is 5.56 Å². The van der Waals surface area contributed by atoms with Gasteiger partial charge in [-0.1, -0.05) is 42.1 Å². The van der Waals surface area contributed by atoms with Crippen molar-refractivity contribution in [2.45, 2.75) is 12.1 Å². The topological polar surface area (TPSA) is 121 Å². The summed E-state index contributed by atoms with van der Waals surface area (Å²) < 4.78 is 12.3. The number of amides is 1. The summed E-state index contributed by atoms with van der Waals surface area (Å²) in [7, 11) is 2.95. The Morgan fingerprint density at radius 1 is 1.06 bits per heavy atom. The number of rotatable bonds is 9. The van der Waals surface area contributed by atoms with Crippen LogP contribution in [0.25, 0.3) is 17.1 Å². The molecule has 0 saturated heterocycles. The lowest BCUT2D eigenvalue weighted by Gasteiger charge is -2.12. The van der Waals surface area contributed by atoms with Crippen molar-refractivity contribution in [1.29, 1.82) is 0 Å². The highest BCUT2D eigenvalue weighted by Gasteiger charge is 2.20. The first-order valence-electron chi connectivity index (χ1n) is 10.8. The number of anilines is 1. The number of hydrogen-bond donors (Lipinski definition) is 1. The van der Waals surface area contributed by atoms with Gasteiger partial charge >= 0.3 is 5.69 Å². The molecule has 0 bridgehead atoms. The lowest BCUT2D eigenvalue weighted by molar-refractivity contribution is -0.385. The van der Waals surface area contributed by atoms with E-state index in [1.807, 2.05) is 59.2 Å². The second kappa shape index (κ2) is 10.9. The summed E-state index contributed by atoms with van der Waals surface area (Å²) in [6.45, 7) is 1.68. The lowest BCUT2D eigenvalue weighted by atomic mass is 10.1. The predicted molar refractivity (Wildman–Crippen MR) is 137 cm³/mol. The van der Waals surface area contributed by atoms with Gasteiger partial charge in [-0.3, -0.25) is 19.5 Å². The van der Waals surface area contributed by atoms with Crippen LogP contribution in [0.15, 0.2) is 71.9 Å². The number of nitro groups is 1. The molecule has 1 aromatic heterocycles. The highest BCUT2D eigenvalue weighted by molar-refractivity contribution is 7.99. The van der Waals surface area contributed by atoms with Gasteiger partial charge in [-0.25, -0.2) is 0 Å². The number of aryl methyl sites for hydroxylation is 1. The Balaban J connectivity index is 1.58. The number of hydrogen-bond acceptors (Lipinski definition) is 8. The molecule has 4 rings (SSSR count). The van der Waals surface area contributed by atoms with Crippen molar-refractivity contribution in [3.05, 3.63) is 82.4 Å². The van der Waals surface area contributed by atoms with Gasteiger partial charge in [-0.05, 0) is 36.8 Å². The molecule has 4 aromatic rings. The van der Waals surface area contributed by atoms with Crippen molar-refractivity contribution >= 4 is 29.0 Å². The fourth-order valence-corrected chi connectivity index (χ4v) is 4.28. The van der Waals surface area contributed by atoms with Gasteiger partial charge in [0.2, 0.25) is 5.91 Å². The van der Waals surface area contributed by atoms with E-state index in [4.69, 9.17) is 9.47 Å². The van der Waals surface area contributed by atoms with Crippen LogP contribution in [0.5, 0.6) is 11.5 Å². The second-order valence-electron chi connectivity index (χ2n) is 7.64. The highest BCUT2D eigenvalue weighted by Crippen LogP contribution is 2.33. The SMILES string of the molecule is COc1ccc(-n2c(SCC(=O)Nc3cc(OC)c([N+](=O)[O-])cc3C)nnc2-c2ccccc2)cc1. The molecule has 10 nitrogen and oxygen atoms in total. The van der Waals surface area contributed by atoms with Crippen LogP contribution in [0.2, 0.25) is 0 Å². The van der Waals surface area contributed by atoms with E-state index >= 15 is 0 Å². The Labute approximate surface area is 211 Å². The van der Waals surface area contributed by atoms with E-state index in [0.29, 0.717) is 22.2 Å². The summed E-state index contributed by atoms with van der Waals surface area (Å²) in [5, 5.41) is 23.3. The van der Waals surface area contributed by atoms with Crippen molar-refractivity contribution in [1.82, 2.24) is 14.8 Å². The van der Waals surface area contributed by atoms with Gasteiger partial charge in [0.25, 0.3) is 0 Å². The van der Waals surface area contributed by atoms with Gasteiger partial charge in [0.05, 0.1) is 24.9 Å². The Kier molecular flexibility index (Phi) is 7.50. The van der Waals surface area contributed by atoms with Crippen molar-refractivity contribution in [3.63, 3.8) is 0 Å². The molecule has 0 aliphatic heterocycles. The summed E-state index contributed by atoms with van der Waals surface area (Å²) >= 11 is 1.23. The van der Waals surface area contributed by atoms with E-state index in [-0.39, 0.29) is 23.1 Å². The van der Waals surface area contributed by atoms with Crippen molar-refractivity contribution in [2.75, 3.05) is 25.3 Å². The van der Waals surface area contributed by atoms with E-state index in [1.165, 1.54) is 31.0 Å². The molecular weight excluding hydrogens is 482 g/mol. The van der Waals surface area contributed by atoms with Gasteiger partial charge in [0.15, 0.2) is 16.7 Å². The number of nitrogens with zero attached hydrogens (tertiary/aromatic N) is 4. The highest BCUT2D eigenvalue weighted by atomic mass is 32.2. The third-order valence-corrected chi connectivity index (χ3v) is 6.25. The number of aromatic nitrogens is 3. The van der Waals surface area contributed by atoms with Gasteiger partial charge < -0.3 is 14.8 Å². The number of thioether (sulfide) groups is 1. The lowest BCUT2D eigenvalue weighted by Crippen LogP contribution is -2.15. The van der Waals surface area contributed by atoms with E-state index in [2.05, 4.69) is 15.5 Å². The van der Waals surface area contributed by atoms with Crippen molar-refractivity contribution in [2.24, 2.45) is 0 Å². The first kappa shape index (κ1) is 24.7. The second-order valence-corrected chi connectivity index (χ2v) is 8.58. The zero-order valence-corrected chi connectivity index (χ0v) is 20.6. The number of nitro benzene ring substituents is 1. The summed E-state index contributed by atoms with van der Waals surface area (Å²) in [5.74, 6) is 1.17. The zero-order valence-electron chi connectivity index (χ0n) is 19.8. The number of carbonyl (C=O) groups is 1. The Bertz CT molecular complexity index is 1390. The molecule has 184 valence electrons. The molecule has 0 atom stereocenters.